The van der Waals surface area contributed by atoms with Crippen LogP contribution in [0.4, 0.5) is 23.1 Å². The van der Waals surface area contributed by atoms with E-state index < -0.39 is 0 Å². The van der Waals surface area contributed by atoms with Gasteiger partial charge in [0.1, 0.15) is 23.2 Å². The molecule has 1 aromatic carbocycles. The van der Waals surface area contributed by atoms with Gasteiger partial charge in [-0.2, -0.15) is 0 Å². The van der Waals surface area contributed by atoms with E-state index in [0.29, 0.717) is 5.82 Å². The molecule has 0 unspecified atom stereocenters. The molecule has 0 radical (unpaired) electrons. The molecule has 0 atom stereocenters. The Morgan fingerprint density at radius 2 is 1.64 bits per heavy atom. The molecule has 0 saturated carbocycles. The quantitative estimate of drug-likeness (QED) is 0.741. The highest BCUT2D eigenvalue weighted by molar-refractivity contribution is 5.59. The predicted molar refractivity (Wildman–Crippen MR) is 112 cm³/mol. The van der Waals surface area contributed by atoms with E-state index in [0.717, 1.165) is 49.4 Å². The lowest BCUT2D eigenvalue weighted by Gasteiger charge is -2.37. The average Bonchev–Trinajstić information content (AvgIpc) is 3.08. The predicted octanol–water partition coefficient (Wildman–Crippen LogP) is 3.77. The second-order valence-corrected chi connectivity index (χ2v) is 7.30. The van der Waals surface area contributed by atoms with Crippen molar-refractivity contribution in [1.82, 2.24) is 15.1 Å². The Hall–Kier alpha value is -3.09. The van der Waals surface area contributed by atoms with Crippen LogP contribution in [0, 0.1) is 27.7 Å². The Morgan fingerprint density at radius 1 is 0.893 bits per heavy atom. The zero-order chi connectivity index (χ0) is 19.7. The number of piperazine rings is 1. The van der Waals surface area contributed by atoms with Crippen molar-refractivity contribution < 1.29 is 4.52 Å². The van der Waals surface area contributed by atoms with Crippen LogP contribution in [0.15, 0.2) is 34.9 Å². The molecule has 0 aliphatic carbocycles. The third-order valence-corrected chi connectivity index (χ3v) is 5.23. The van der Waals surface area contributed by atoms with Gasteiger partial charge in [-0.1, -0.05) is 17.3 Å². The van der Waals surface area contributed by atoms with E-state index in [2.05, 4.69) is 62.3 Å². The van der Waals surface area contributed by atoms with Crippen LogP contribution < -0.4 is 15.1 Å². The summed E-state index contributed by atoms with van der Waals surface area (Å²) in [5.41, 5.74) is 4.04. The van der Waals surface area contributed by atoms with Crippen LogP contribution in [0.25, 0.3) is 0 Å². The molecule has 146 valence electrons. The summed E-state index contributed by atoms with van der Waals surface area (Å²) in [5, 5.41) is 7.18. The first kappa shape index (κ1) is 18.3. The molecule has 4 rings (SSSR count). The molecule has 1 aliphatic heterocycles. The Kier molecular flexibility index (Phi) is 4.90. The lowest BCUT2D eigenvalue weighted by molar-refractivity contribution is 0.400. The maximum absolute atomic E-state index is 5.11. The normalized spacial score (nSPS) is 14.4. The van der Waals surface area contributed by atoms with Gasteiger partial charge in [0.05, 0.1) is 0 Å². The van der Waals surface area contributed by atoms with Crippen molar-refractivity contribution in [1.29, 1.82) is 0 Å². The molecule has 3 heterocycles. The third kappa shape index (κ3) is 3.78. The van der Waals surface area contributed by atoms with Crippen LogP contribution in [0.2, 0.25) is 0 Å². The van der Waals surface area contributed by atoms with Crippen molar-refractivity contribution in [3.63, 3.8) is 0 Å². The fourth-order valence-corrected chi connectivity index (χ4v) is 3.59. The minimum Gasteiger partial charge on any atom is -0.368 e. The molecule has 0 amide bonds. The number of anilines is 4. The molecular formula is C21H26N6O. The van der Waals surface area contributed by atoms with Gasteiger partial charge in [0.15, 0.2) is 5.82 Å². The summed E-state index contributed by atoms with van der Waals surface area (Å²) in [7, 11) is 0. The number of aryl methyl sites for hydroxylation is 3. The molecule has 2 aromatic heterocycles. The summed E-state index contributed by atoms with van der Waals surface area (Å²) < 4.78 is 5.11. The first-order valence-corrected chi connectivity index (χ1v) is 9.62. The highest BCUT2D eigenvalue weighted by Crippen LogP contribution is 2.26. The minimum absolute atomic E-state index is 0.654. The Labute approximate surface area is 165 Å². The number of rotatable bonds is 4. The second-order valence-electron chi connectivity index (χ2n) is 7.30. The number of benzene rings is 1. The largest absolute Gasteiger partial charge is 0.368 e. The van der Waals surface area contributed by atoms with E-state index in [1.54, 1.807) is 0 Å². The summed E-state index contributed by atoms with van der Waals surface area (Å²) in [6, 6.07) is 10.4. The van der Waals surface area contributed by atoms with Crippen molar-refractivity contribution in [2.24, 2.45) is 0 Å². The van der Waals surface area contributed by atoms with Crippen LogP contribution >= 0.6 is 0 Å². The van der Waals surface area contributed by atoms with Gasteiger partial charge in [-0.3, -0.25) is 0 Å². The molecule has 0 bridgehead atoms. The standard InChI is InChI=1S/C21H26N6O/c1-14-6-5-7-18(16(14)3)26-8-10-27(11-9-26)21-13-19(22-17(4)23-21)24-20-12-15(2)28-25-20/h5-7,12-13H,8-11H2,1-4H3,(H,22,23,24,25). The number of nitrogens with zero attached hydrogens (tertiary/aromatic N) is 5. The van der Waals surface area contributed by atoms with Crippen molar-refractivity contribution in [2.45, 2.75) is 27.7 Å². The fourth-order valence-electron chi connectivity index (χ4n) is 3.59. The van der Waals surface area contributed by atoms with Crippen molar-refractivity contribution in [3.8, 4) is 0 Å². The molecule has 3 aromatic rings. The van der Waals surface area contributed by atoms with E-state index in [1.807, 2.05) is 26.0 Å². The fraction of sp³-hybridized carbons (Fsp3) is 0.381. The first-order chi connectivity index (χ1) is 13.5. The lowest BCUT2D eigenvalue weighted by Crippen LogP contribution is -2.47. The van der Waals surface area contributed by atoms with Gasteiger partial charge in [0.2, 0.25) is 0 Å². The van der Waals surface area contributed by atoms with Gasteiger partial charge < -0.3 is 19.6 Å². The van der Waals surface area contributed by atoms with Crippen LogP contribution in [0.1, 0.15) is 22.7 Å². The van der Waals surface area contributed by atoms with Crippen LogP contribution in [-0.4, -0.2) is 41.3 Å². The third-order valence-electron chi connectivity index (χ3n) is 5.23. The van der Waals surface area contributed by atoms with Crippen molar-refractivity contribution in [2.75, 3.05) is 41.3 Å². The van der Waals surface area contributed by atoms with E-state index in [4.69, 9.17) is 4.52 Å². The summed E-state index contributed by atoms with van der Waals surface area (Å²) >= 11 is 0. The number of nitrogens with one attached hydrogen (secondary N) is 1. The maximum atomic E-state index is 5.11. The molecule has 1 N–H and O–H groups in total. The van der Waals surface area contributed by atoms with Crippen molar-refractivity contribution >= 4 is 23.1 Å². The highest BCUT2D eigenvalue weighted by atomic mass is 16.5. The Bertz CT molecular complexity index is 975. The van der Waals surface area contributed by atoms with Gasteiger partial charge in [-0.05, 0) is 44.9 Å². The summed E-state index contributed by atoms with van der Waals surface area (Å²) in [6.45, 7) is 11.9. The molecule has 1 aliphatic rings. The maximum Gasteiger partial charge on any atom is 0.175 e. The van der Waals surface area contributed by atoms with Crippen LogP contribution in [0.3, 0.4) is 0 Å². The monoisotopic (exact) mass is 378 g/mol. The molecular weight excluding hydrogens is 352 g/mol. The molecule has 1 fully saturated rings. The van der Waals surface area contributed by atoms with Crippen LogP contribution in [0.5, 0.6) is 0 Å². The highest BCUT2D eigenvalue weighted by Gasteiger charge is 2.20. The molecule has 0 spiro atoms. The number of hydrogen-bond donors (Lipinski definition) is 1. The molecule has 28 heavy (non-hydrogen) atoms. The van der Waals surface area contributed by atoms with Gasteiger partial charge in [0.25, 0.3) is 0 Å². The summed E-state index contributed by atoms with van der Waals surface area (Å²) in [5.74, 6) is 3.82. The zero-order valence-corrected chi connectivity index (χ0v) is 16.9. The van der Waals surface area contributed by atoms with Gasteiger partial charge in [-0.25, -0.2) is 9.97 Å². The second kappa shape index (κ2) is 7.50. The summed E-state index contributed by atoms with van der Waals surface area (Å²) in [6.07, 6.45) is 0. The number of aromatic nitrogens is 3. The van der Waals surface area contributed by atoms with E-state index >= 15 is 0 Å². The Balaban J connectivity index is 1.47. The summed E-state index contributed by atoms with van der Waals surface area (Å²) in [4.78, 5) is 13.9. The van der Waals surface area contributed by atoms with E-state index in [1.165, 1.54) is 16.8 Å². The van der Waals surface area contributed by atoms with E-state index in [9.17, 15) is 0 Å². The first-order valence-electron chi connectivity index (χ1n) is 9.62. The minimum atomic E-state index is 0.654. The van der Waals surface area contributed by atoms with Gasteiger partial charge in [0, 0.05) is 44.0 Å². The molecule has 7 nitrogen and oxygen atoms in total. The smallest absolute Gasteiger partial charge is 0.175 e. The van der Waals surface area contributed by atoms with Gasteiger partial charge in [-0.15, -0.1) is 0 Å². The van der Waals surface area contributed by atoms with E-state index in [-0.39, 0.29) is 0 Å². The number of hydrogen-bond acceptors (Lipinski definition) is 7. The zero-order valence-electron chi connectivity index (χ0n) is 16.9. The Morgan fingerprint density at radius 3 is 2.36 bits per heavy atom. The topological polar surface area (TPSA) is 70.3 Å². The lowest BCUT2D eigenvalue weighted by atomic mass is 10.1. The average molecular weight is 378 g/mol. The van der Waals surface area contributed by atoms with Gasteiger partial charge >= 0.3 is 0 Å². The molecule has 1 saturated heterocycles. The van der Waals surface area contributed by atoms with Crippen molar-refractivity contribution in [3.05, 3.63) is 53.0 Å². The SMILES string of the molecule is Cc1nc(Nc2cc(C)on2)cc(N2CCN(c3cccc(C)c3C)CC2)n1. The van der Waals surface area contributed by atoms with Crippen LogP contribution in [-0.2, 0) is 0 Å². The molecule has 7 heteroatoms.